The zero-order valence-corrected chi connectivity index (χ0v) is 16.2. The van der Waals surface area contributed by atoms with E-state index in [4.69, 9.17) is 0 Å². The van der Waals surface area contributed by atoms with Crippen LogP contribution in [0.2, 0.25) is 0 Å². The smallest absolute Gasteiger partial charge is 0.0667 e. The van der Waals surface area contributed by atoms with Gasteiger partial charge in [0.25, 0.3) is 0 Å². The lowest BCUT2D eigenvalue weighted by Crippen LogP contribution is -2.13. The van der Waals surface area contributed by atoms with Crippen LogP contribution in [0.15, 0.2) is 102 Å². The fraction of sp³-hybridized carbons (Fsp3) is 0.120. The van der Waals surface area contributed by atoms with Gasteiger partial charge in [0.1, 0.15) is 0 Å². The van der Waals surface area contributed by atoms with Crippen LogP contribution in [0.1, 0.15) is 28.8 Å². The Balaban J connectivity index is 1.62. The van der Waals surface area contributed by atoms with Crippen LogP contribution in [0.4, 0.5) is 5.69 Å². The standard InChI is InChI=1S/C25H21NOS/c27-28-24-13-7-6-12-22(24)26-23(17-25(28)19-9-2-1-3-10-19)21-15-14-18-8-4-5-11-20(18)16-21/h1-16,23,25-26H,17H2/t23-,25+,28-/m0/s1. The Labute approximate surface area is 167 Å². The first-order valence-corrected chi connectivity index (χ1v) is 10.8. The first kappa shape index (κ1) is 17.2. The van der Waals surface area contributed by atoms with E-state index >= 15 is 0 Å². The molecule has 28 heavy (non-hydrogen) atoms. The van der Waals surface area contributed by atoms with E-state index in [1.165, 1.54) is 16.3 Å². The highest BCUT2D eigenvalue weighted by Crippen LogP contribution is 2.41. The molecule has 1 heterocycles. The molecular formula is C25H21NOS. The molecule has 0 radical (unpaired) electrons. The van der Waals surface area contributed by atoms with E-state index in [9.17, 15) is 4.21 Å². The second kappa shape index (κ2) is 7.25. The lowest BCUT2D eigenvalue weighted by molar-refractivity contribution is 0.644. The molecule has 0 bridgehead atoms. The van der Waals surface area contributed by atoms with Crippen LogP contribution in [0.3, 0.4) is 0 Å². The van der Waals surface area contributed by atoms with Gasteiger partial charge in [0.05, 0.1) is 32.7 Å². The van der Waals surface area contributed by atoms with Gasteiger partial charge in [-0.3, -0.25) is 4.21 Å². The number of benzene rings is 4. The first-order valence-electron chi connectivity index (χ1n) is 9.59. The fourth-order valence-electron chi connectivity index (χ4n) is 4.03. The minimum Gasteiger partial charge on any atom is -0.377 e. The lowest BCUT2D eigenvalue weighted by Gasteiger charge is -2.22. The molecule has 0 aromatic heterocycles. The van der Waals surface area contributed by atoms with Gasteiger partial charge in [0, 0.05) is 0 Å². The van der Waals surface area contributed by atoms with Crippen LogP contribution >= 0.6 is 0 Å². The van der Waals surface area contributed by atoms with Gasteiger partial charge in [0.15, 0.2) is 0 Å². The van der Waals surface area contributed by atoms with Gasteiger partial charge in [-0.05, 0) is 46.5 Å². The molecular weight excluding hydrogens is 362 g/mol. The summed E-state index contributed by atoms with van der Waals surface area (Å²) in [5.41, 5.74) is 3.33. The minimum absolute atomic E-state index is 0.0474. The van der Waals surface area contributed by atoms with Gasteiger partial charge in [-0.2, -0.15) is 0 Å². The van der Waals surface area contributed by atoms with Crippen molar-refractivity contribution in [1.82, 2.24) is 0 Å². The van der Waals surface area contributed by atoms with Crippen molar-refractivity contribution in [3.63, 3.8) is 0 Å². The van der Waals surface area contributed by atoms with Crippen molar-refractivity contribution >= 4 is 27.3 Å². The van der Waals surface area contributed by atoms with E-state index in [1.807, 2.05) is 42.5 Å². The number of hydrogen-bond acceptors (Lipinski definition) is 2. The number of anilines is 1. The fourth-order valence-corrected chi connectivity index (χ4v) is 5.67. The van der Waals surface area contributed by atoms with Crippen molar-refractivity contribution < 1.29 is 4.21 Å². The van der Waals surface area contributed by atoms with Crippen molar-refractivity contribution in [2.45, 2.75) is 22.6 Å². The highest BCUT2D eigenvalue weighted by atomic mass is 32.2. The Kier molecular flexibility index (Phi) is 4.46. The molecule has 138 valence electrons. The molecule has 1 N–H and O–H groups in total. The number of hydrogen-bond donors (Lipinski definition) is 1. The predicted octanol–water partition coefficient (Wildman–Crippen LogP) is 6.25. The van der Waals surface area contributed by atoms with Gasteiger partial charge in [0.2, 0.25) is 0 Å². The quantitative estimate of drug-likeness (QED) is 0.443. The molecule has 4 aromatic carbocycles. The van der Waals surface area contributed by atoms with Crippen LogP contribution in [0, 0.1) is 0 Å². The minimum atomic E-state index is -1.11. The number of rotatable bonds is 2. The lowest BCUT2D eigenvalue weighted by atomic mass is 9.96. The zero-order valence-electron chi connectivity index (χ0n) is 15.4. The summed E-state index contributed by atoms with van der Waals surface area (Å²) in [6.45, 7) is 0. The highest BCUT2D eigenvalue weighted by Gasteiger charge is 2.30. The zero-order chi connectivity index (χ0) is 18.9. The maximum atomic E-state index is 13.5. The number of para-hydroxylation sites is 1. The molecule has 0 amide bonds. The van der Waals surface area contributed by atoms with Crippen LogP contribution in [-0.4, -0.2) is 4.21 Å². The maximum Gasteiger partial charge on any atom is 0.0667 e. The summed E-state index contributed by atoms with van der Waals surface area (Å²) in [7, 11) is -1.11. The summed E-state index contributed by atoms with van der Waals surface area (Å²) in [4.78, 5) is 0.889. The van der Waals surface area contributed by atoms with E-state index in [1.54, 1.807) is 0 Å². The highest BCUT2D eigenvalue weighted by molar-refractivity contribution is 7.85. The van der Waals surface area contributed by atoms with Gasteiger partial charge >= 0.3 is 0 Å². The second-order valence-corrected chi connectivity index (χ2v) is 8.84. The van der Waals surface area contributed by atoms with Crippen LogP contribution < -0.4 is 5.32 Å². The maximum absolute atomic E-state index is 13.5. The SMILES string of the molecule is O=[S@]1c2ccccc2N[C@H](c2ccc3ccccc3c2)C[C@@H]1c1ccccc1. The van der Waals surface area contributed by atoms with E-state index < -0.39 is 10.8 Å². The Morgan fingerprint density at radius 3 is 2.29 bits per heavy atom. The van der Waals surface area contributed by atoms with Crippen molar-refractivity contribution in [1.29, 1.82) is 0 Å². The molecule has 0 saturated heterocycles. The molecule has 2 nitrogen and oxygen atoms in total. The van der Waals surface area contributed by atoms with Gasteiger partial charge < -0.3 is 5.32 Å². The molecule has 0 unspecified atom stereocenters. The normalized spacial score (nSPS) is 21.5. The Morgan fingerprint density at radius 1 is 0.714 bits per heavy atom. The first-order chi connectivity index (χ1) is 13.8. The molecule has 4 aromatic rings. The van der Waals surface area contributed by atoms with E-state index in [-0.39, 0.29) is 11.3 Å². The summed E-state index contributed by atoms with van der Waals surface area (Å²) in [5, 5.41) is 6.10. The summed E-state index contributed by atoms with van der Waals surface area (Å²) in [6.07, 6.45) is 0.781. The van der Waals surface area contributed by atoms with Crippen LogP contribution in [-0.2, 0) is 10.8 Å². The van der Waals surface area contributed by atoms with Gasteiger partial charge in [-0.25, -0.2) is 0 Å². The van der Waals surface area contributed by atoms with E-state index in [0.717, 1.165) is 22.6 Å². The number of nitrogens with one attached hydrogen (secondary N) is 1. The third-order valence-electron chi connectivity index (χ3n) is 5.49. The predicted molar refractivity (Wildman–Crippen MR) is 117 cm³/mol. The van der Waals surface area contributed by atoms with Crippen molar-refractivity contribution in [3.8, 4) is 0 Å². The average molecular weight is 384 g/mol. The second-order valence-electron chi connectivity index (χ2n) is 7.23. The molecule has 5 rings (SSSR count). The Bertz CT molecular complexity index is 1160. The van der Waals surface area contributed by atoms with Crippen LogP contribution in [0.5, 0.6) is 0 Å². The summed E-state index contributed by atoms with van der Waals surface area (Å²) in [6, 6.07) is 33.4. The Morgan fingerprint density at radius 2 is 1.43 bits per heavy atom. The average Bonchev–Trinajstić information content (AvgIpc) is 2.91. The molecule has 0 aliphatic carbocycles. The van der Waals surface area contributed by atoms with Gasteiger partial charge in [-0.15, -0.1) is 0 Å². The van der Waals surface area contributed by atoms with Crippen molar-refractivity contribution in [3.05, 3.63) is 108 Å². The molecule has 0 fully saturated rings. The monoisotopic (exact) mass is 383 g/mol. The molecule has 3 atom stereocenters. The molecule has 1 aliphatic rings. The molecule has 0 spiro atoms. The number of fused-ring (bicyclic) bond motifs is 2. The Hall–Kier alpha value is -2.91. The summed E-state index contributed by atoms with van der Waals surface area (Å²) in [5.74, 6) is 0. The van der Waals surface area contributed by atoms with E-state index in [2.05, 4.69) is 59.9 Å². The molecule has 0 saturated carbocycles. The largest absolute Gasteiger partial charge is 0.377 e. The molecule has 1 aliphatic heterocycles. The van der Waals surface area contributed by atoms with Gasteiger partial charge in [-0.1, -0.05) is 78.9 Å². The summed E-state index contributed by atoms with van der Waals surface area (Å²) < 4.78 is 13.5. The van der Waals surface area contributed by atoms with Crippen LogP contribution in [0.25, 0.3) is 10.8 Å². The third-order valence-corrected chi connectivity index (χ3v) is 7.26. The van der Waals surface area contributed by atoms with Crippen molar-refractivity contribution in [2.75, 3.05) is 5.32 Å². The van der Waals surface area contributed by atoms with E-state index in [0.29, 0.717) is 0 Å². The molecule has 3 heteroatoms. The van der Waals surface area contributed by atoms with Crippen molar-refractivity contribution in [2.24, 2.45) is 0 Å². The third kappa shape index (κ3) is 3.12. The summed E-state index contributed by atoms with van der Waals surface area (Å²) >= 11 is 0. The topological polar surface area (TPSA) is 29.1 Å².